The number of fused-ring (bicyclic) bond motifs is 4. The van der Waals surface area contributed by atoms with Crippen molar-refractivity contribution in [2.45, 2.75) is 32.5 Å². The van der Waals surface area contributed by atoms with E-state index in [1.54, 1.807) is 0 Å². The average molecular weight is 258 g/mol. The van der Waals surface area contributed by atoms with Gasteiger partial charge in [-0.3, -0.25) is 4.79 Å². The number of ketones is 1. The Balaban J connectivity index is 2.10. The molecule has 0 amide bonds. The molecular weight excluding hydrogens is 240 g/mol. The average Bonchev–Trinajstić information content (AvgIpc) is 2.73. The van der Waals surface area contributed by atoms with E-state index in [2.05, 4.69) is 13.8 Å². The quantitative estimate of drug-likeness (QED) is 0.783. The number of carbonyl (C=O) groups excluding carboxylic acids is 2. The van der Waals surface area contributed by atoms with Crippen LogP contribution in [0.15, 0.2) is 24.3 Å². The van der Waals surface area contributed by atoms with Crippen molar-refractivity contribution in [1.82, 2.24) is 0 Å². The van der Waals surface area contributed by atoms with Crippen LogP contribution in [0, 0.1) is 17.8 Å². The molecule has 0 saturated carbocycles. The summed E-state index contributed by atoms with van der Waals surface area (Å²) in [4.78, 5) is 23.4. The van der Waals surface area contributed by atoms with Crippen LogP contribution in [0.1, 0.15) is 42.3 Å². The Morgan fingerprint density at radius 3 is 2.68 bits per heavy atom. The van der Waals surface area contributed by atoms with Crippen LogP contribution in [0.2, 0.25) is 0 Å². The Morgan fingerprint density at radius 1 is 1.26 bits per heavy atom. The first-order valence-electron chi connectivity index (χ1n) is 6.87. The summed E-state index contributed by atoms with van der Waals surface area (Å²) < 4.78 is 5.97. The van der Waals surface area contributed by atoms with Crippen molar-refractivity contribution in [3.05, 3.63) is 35.4 Å². The smallest absolute Gasteiger partial charge is 0.192 e. The lowest BCUT2D eigenvalue weighted by atomic mass is 9.78. The summed E-state index contributed by atoms with van der Waals surface area (Å²) in [6.45, 7) is 4.28. The molecule has 2 aliphatic rings. The third-order valence-corrected chi connectivity index (χ3v) is 4.46. The first kappa shape index (κ1) is 12.5. The van der Waals surface area contributed by atoms with Gasteiger partial charge < -0.3 is 9.53 Å². The Hall–Kier alpha value is -1.48. The van der Waals surface area contributed by atoms with Gasteiger partial charge in [0.25, 0.3) is 0 Å². The van der Waals surface area contributed by atoms with Gasteiger partial charge in [-0.05, 0) is 17.4 Å². The van der Waals surface area contributed by atoms with E-state index in [1.807, 2.05) is 24.3 Å². The largest absolute Gasteiger partial charge is 0.361 e. The second-order valence-corrected chi connectivity index (χ2v) is 5.82. The van der Waals surface area contributed by atoms with Crippen LogP contribution in [-0.2, 0) is 9.53 Å². The first-order valence-corrected chi connectivity index (χ1v) is 6.87. The highest BCUT2D eigenvalue weighted by Gasteiger charge is 2.53. The fraction of sp³-hybridized carbons (Fsp3) is 0.500. The molecule has 0 radical (unpaired) electrons. The number of hydrogen-bond acceptors (Lipinski definition) is 3. The van der Waals surface area contributed by atoms with E-state index >= 15 is 0 Å². The van der Waals surface area contributed by atoms with E-state index < -0.39 is 6.10 Å². The van der Waals surface area contributed by atoms with E-state index in [-0.39, 0.29) is 23.7 Å². The first-order chi connectivity index (χ1) is 9.15. The van der Waals surface area contributed by atoms with Gasteiger partial charge in [-0.1, -0.05) is 38.1 Å². The molecule has 2 heterocycles. The molecule has 0 spiro atoms. The van der Waals surface area contributed by atoms with E-state index in [0.29, 0.717) is 12.3 Å². The summed E-state index contributed by atoms with van der Waals surface area (Å²) in [7, 11) is 0. The zero-order chi connectivity index (χ0) is 13.6. The minimum atomic E-state index is -0.433. The van der Waals surface area contributed by atoms with Gasteiger partial charge in [-0.25, -0.2) is 0 Å². The molecule has 100 valence electrons. The fourth-order valence-electron chi connectivity index (χ4n) is 3.67. The van der Waals surface area contributed by atoms with Crippen molar-refractivity contribution in [3.8, 4) is 0 Å². The summed E-state index contributed by atoms with van der Waals surface area (Å²) in [6.07, 6.45) is 0.854. The SMILES string of the molecule is CC(C)[C@@H]1[C@@H](CC=O)[C@@H]2O[C@H]1c1ccccc1C2=O. The summed E-state index contributed by atoms with van der Waals surface area (Å²) in [5, 5.41) is 0. The molecule has 3 heteroatoms. The van der Waals surface area contributed by atoms with Gasteiger partial charge in [0.05, 0.1) is 6.10 Å². The lowest BCUT2D eigenvalue weighted by Crippen LogP contribution is -2.31. The molecule has 0 unspecified atom stereocenters. The van der Waals surface area contributed by atoms with Crippen LogP contribution >= 0.6 is 0 Å². The monoisotopic (exact) mass is 258 g/mol. The van der Waals surface area contributed by atoms with E-state index in [1.165, 1.54) is 0 Å². The maximum atomic E-state index is 12.5. The van der Waals surface area contributed by atoms with Crippen molar-refractivity contribution in [2.75, 3.05) is 0 Å². The van der Waals surface area contributed by atoms with Crippen LogP contribution in [0.5, 0.6) is 0 Å². The van der Waals surface area contributed by atoms with Crippen LogP contribution in [0.4, 0.5) is 0 Å². The minimum Gasteiger partial charge on any atom is -0.361 e. The Bertz CT molecular complexity index is 520. The maximum Gasteiger partial charge on any atom is 0.192 e. The van der Waals surface area contributed by atoms with E-state index in [9.17, 15) is 9.59 Å². The summed E-state index contributed by atoms with van der Waals surface area (Å²) in [5.74, 6) is 0.686. The van der Waals surface area contributed by atoms with Gasteiger partial charge in [0.1, 0.15) is 12.4 Å². The third-order valence-electron chi connectivity index (χ3n) is 4.46. The minimum absolute atomic E-state index is 0.0161. The normalized spacial score (nSPS) is 32.5. The second-order valence-electron chi connectivity index (χ2n) is 5.82. The molecule has 1 aromatic carbocycles. The fourth-order valence-corrected chi connectivity index (χ4v) is 3.67. The third kappa shape index (κ3) is 1.76. The zero-order valence-electron chi connectivity index (χ0n) is 11.2. The maximum absolute atomic E-state index is 12.5. The van der Waals surface area contributed by atoms with E-state index in [0.717, 1.165) is 17.4 Å². The van der Waals surface area contributed by atoms with Crippen LogP contribution in [0.25, 0.3) is 0 Å². The summed E-state index contributed by atoms with van der Waals surface area (Å²) >= 11 is 0. The van der Waals surface area contributed by atoms with Gasteiger partial charge in [0.15, 0.2) is 5.78 Å². The molecule has 0 N–H and O–H groups in total. The summed E-state index contributed by atoms with van der Waals surface area (Å²) in [6, 6.07) is 7.69. The number of rotatable bonds is 3. The van der Waals surface area contributed by atoms with Crippen molar-refractivity contribution in [2.24, 2.45) is 17.8 Å². The predicted molar refractivity (Wildman–Crippen MR) is 70.9 cm³/mol. The molecule has 3 rings (SSSR count). The number of aldehydes is 1. The highest BCUT2D eigenvalue weighted by atomic mass is 16.5. The highest BCUT2D eigenvalue weighted by molar-refractivity contribution is 6.02. The molecular formula is C16H18O3. The lowest BCUT2D eigenvalue weighted by molar-refractivity contribution is -0.109. The summed E-state index contributed by atoms with van der Waals surface area (Å²) in [5.41, 5.74) is 1.78. The number of Topliss-reactive ketones (excluding diaryl/α,β-unsaturated/α-hetero) is 1. The Morgan fingerprint density at radius 2 is 2.00 bits per heavy atom. The molecule has 0 aromatic heterocycles. The topological polar surface area (TPSA) is 43.4 Å². The predicted octanol–water partition coefficient (Wildman–Crippen LogP) is 2.80. The molecule has 2 bridgehead atoms. The van der Waals surface area contributed by atoms with Gasteiger partial charge in [-0.15, -0.1) is 0 Å². The van der Waals surface area contributed by atoms with Crippen molar-refractivity contribution in [3.63, 3.8) is 0 Å². The number of carbonyl (C=O) groups is 2. The number of ether oxygens (including phenoxy) is 1. The second kappa shape index (κ2) is 4.57. The zero-order valence-corrected chi connectivity index (χ0v) is 11.2. The van der Waals surface area contributed by atoms with E-state index in [4.69, 9.17) is 4.74 Å². The van der Waals surface area contributed by atoms with Gasteiger partial charge in [0, 0.05) is 17.9 Å². The standard InChI is InChI=1S/C16H18O3/c1-9(2)13-12(7-8-17)16-14(18)10-5-3-4-6-11(10)15(13)19-16/h3-6,8-9,12-13,15-16H,7H2,1-2H3/t12-,13-,15+,16+/m1/s1. The molecule has 1 saturated heterocycles. The van der Waals surface area contributed by atoms with Crippen molar-refractivity contribution < 1.29 is 14.3 Å². The van der Waals surface area contributed by atoms with Gasteiger partial charge in [-0.2, -0.15) is 0 Å². The van der Waals surface area contributed by atoms with Crippen LogP contribution < -0.4 is 0 Å². The van der Waals surface area contributed by atoms with Gasteiger partial charge in [0.2, 0.25) is 0 Å². The molecule has 1 aromatic rings. The van der Waals surface area contributed by atoms with Crippen molar-refractivity contribution in [1.29, 1.82) is 0 Å². The van der Waals surface area contributed by atoms with Gasteiger partial charge >= 0.3 is 0 Å². The molecule has 19 heavy (non-hydrogen) atoms. The molecule has 3 nitrogen and oxygen atoms in total. The highest BCUT2D eigenvalue weighted by Crippen LogP contribution is 2.51. The van der Waals surface area contributed by atoms with Crippen LogP contribution in [-0.4, -0.2) is 18.2 Å². The number of benzene rings is 1. The molecule has 2 aliphatic heterocycles. The Kier molecular flexibility index (Phi) is 3.02. The lowest BCUT2D eigenvalue weighted by Gasteiger charge is -2.26. The van der Waals surface area contributed by atoms with Crippen molar-refractivity contribution >= 4 is 12.1 Å². The molecule has 0 aliphatic carbocycles. The molecule has 4 atom stereocenters. The Labute approximate surface area is 113 Å². The molecule has 1 fully saturated rings. The number of hydrogen-bond donors (Lipinski definition) is 0. The van der Waals surface area contributed by atoms with Crippen LogP contribution in [0.3, 0.4) is 0 Å².